The number of rotatable bonds is 4. The maximum absolute atomic E-state index is 11.8. The standard InChI is InChI=1S/C15H15N3O/c16-10-15(6-7-15)14(19)17-8-5-11-9-18-13-4-2-1-3-12(11)13/h1-4,9,18H,5-8H2,(H,17,19). The number of amides is 1. The van der Waals surface area contributed by atoms with E-state index in [9.17, 15) is 4.79 Å². The lowest BCUT2D eigenvalue weighted by Crippen LogP contribution is -2.32. The molecule has 0 spiro atoms. The van der Waals surface area contributed by atoms with Crippen LogP contribution < -0.4 is 5.32 Å². The molecule has 1 heterocycles. The number of carbonyl (C=O) groups is 1. The normalized spacial score (nSPS) is 15.9. The molecule has 1 aromatic carbocycles. The van der Waals surface area contributed by atoms with Crippen LogP contribution in [0, 0.1) is 16.7 Å². The molecule has 0 saturated heterocycles. The molecule has 1 aliphatic rings. The van der Waals surface area contributed by atoms with Crippen molar-refractivity contribution >= 4 is 16.8 Å². The fourth-order valence-corrected chi connectivity index (χ4v) is 2.33. The largest absolute Gasteiger partial charge is 0.361 e. The molecule has 1 aliphatic carbocycles. The maximum Gasteiger partial charge on any atom is 0.240 e. The lowest BCUT2D eigenvalue weighted by Gasteiger charge is -2.07. The first-order valence-electron chi connectivity index (χ1n) is 6.50. The van der Waals surface area contributed by atoms with Gasteiger partial charge in [-0.05, 0) is 30.9 Å². The van der Waals surface area contributed by atoms with Gasteiger partial charge < -0.3 is 10.3 Å². The third-order valence-electron chi connectivity index (χ3n) is 3.75. The van der Waals surface area contributed by atoms with E-state index in [4.69, 9.17) is 5.26 Å². The van der Waals surface area contributed by atoms with Crippen molar-refractivity contribution in [2.45, 2.75) is 19.3 Å². The van der Waals surface area contributed by atoms with Gasteiger partial charge in [-0.1, -0.05) is 18.2 Å². The third-order valence-corrected chi connectivity index (χ3v) is 3.75. The summed E-state index contributed by atoms with van der Waals surface area (Å²) in [5.41, 5.74) is 1.58. The van der Waals surface area contributed by atoms with Crippen LogP contribution in [0.2, 0.25) is 0 Å². The van der Waals surface area contributed by atoms with Crippen molar-refractivity contribution in [3.63, 3.8) is 0 Å². The Morgan fingerprint density at radius 1 is 1.42 bits per heavy atom. The van der Waals surface area contributed by atoms with Crippen LogP contribution in [0.3, 0.4) is 0 Å². The molecule has 4 nitrogen and oxygen atoms in total. The first-order chi connectivity index (χ1) is 9.25. The average Bonchev–Trinajstić information content (AvgIpc) is 3.15. The topological polar surface area (TPSA) is 68.7 Å². The number of hydrogen-bond donors (Lipinski definition) is 2. The van der Waals surface area contributed by atoms with Crippen LogP contribution in [0.25, 0.3) is 10.9 Å². The molecule has 0 atom stereocenters. The van der Waals surface area contributed by atoms with E-state index in [1.165, 1.54) is 10.9 Å². The van der Waals surface area contributed by atoms with Gasteiger partial charge in [-0.25, -0.2) is 0 Å². The molecule has 3 rings (SSSR count). The molecular formula is C15H15N3O. The summed E-state index contributed by atoms with van der Waals surface area (Å²) in [6, 6.07) is 10.2. The zero-order valence-corrected chi connectivity index (χ0v) is 10.6. The number of nitrogens with one attached hydrogen (secondary N) is 2. The predicted molar refractivity (Wildman–Crippen MR) is 72.3 cm³/mol. The van der Waals surface area contributed by atoms with Crippen LogP contribution in [-0.4, -0.2) is 17.4 Å². The minimum Gasteiger partial charge on any atom is -0.361 e. The number of benzene rings is 1. The second kappa shape index (κ2) is 4.43. The van der Waals surface area contributed by atoms with E-state index >= 15 is 0 Å². The van der Waals surface area contributed by atoms with E-state index in [-0.39, 0.29) is 5.91 Å². The smallest absolute Gasteiger partial charge is 0.240 e. The zero-order chi connectivity index (χ0) is 13.3. The highest BCUT2D eigenvalue weighted by molar-refractivity contribution is 5.88. The number of fused-ring (bicyclic) bond motifs is 1. The van der Waals surface area contributed by atoms with E-state index < -0.39 is 5.41 Å². The van der Waals surface area contributed by atoms with Crippen molar-refractivity contribution in [1.29, 1.82) is 5.26 Å². The van der Waals surface area contributed by atoms with E-state index in [1.807, 2.05) is 24.4 Å². The number of nitrogens with zero attached hydrogens (tertiary/aromatic N) is 1. The zero-order valence-electron chi connectivity index (χ0n) is 10.6. The lowest BCUT2D eigenvalue weighted by molar-refractivity contribution is -0.124. The number of H-pyrrole nitrogens is 1. The van der Waals surface area contributed by atoms with E-state index in [0.29, 0.717) is 19.4 Å². The van der Waals surface area contributed by atoms with Gasteiger partial charge in [0.15, 0.2) is 0 Å². The fourth-order valence-electron chi connectivity index (χ4n) is 2.33. The number of para-hydroxylation sites is 1. The summed E-state index contributed by atoms with van der Waals surface area (Å²) in [4.78, 5) is 15.0. The Morgan fingerprint density at radius 3 is 2.95 bits per heavy atom. The van der Waals surface area contributed by atoms with Gasteiger partial charge in [0.1, 0.15) is 5.41 Å². The molecular weight excluding hydrogens is 238 g/mol. The molecule has 0 aliphatic heterocycles. The molecule has 0 radical (unpaired) electrons. The molecule has 1 saturated carbocycles. The van der Waals surface area contributed by atoms with Crippen molar-refractivity contribution in [2.24, 2.45) is 5.41 Å². The second-order valence-electron chi connectivity index (χ2n) is 5.06. The van der Waals surface area contributed by atoms with E-state index in [0.717, 1.165) is 11.9 Å². The molecule has 19 heavy (non-hydrogen) atoms. The molecule has 2 aromatic rings. The van der Waals surface area contributed by atoms with Gasteiger partial charge in [-0.2, -0.15) is 5.26 Å². The summed E-state index contributed by atoms with van der Waals surface area (Å²) < 4.78 is 0. The van der Waals surface area contributed by atoms with Crippen LogP contribution in [0.1, 0.15) is 18.4 Å². The number of nitriles is 1. The Balaban J connectivity index is 1.61. The van der Waals surface area contributed by atoms with Gasteiger partial charge in [0, 0.05) is 23.6 Å². The van der Waals surface area contributed by atoms with Gasteiger partial charge in [-0.15, -0.1) is 0 Å². The molecule has 1 amide bonds. The SMILES string of the molecule is N#CC1(C(=O)NCCc2c[nH]c3ccccc23)CC1. The molecule has 1 fully saturated rings. The molecule has 96 valence electrons. The van der Waals surface area contributed by atoms with Crippen molar-refractivity contribution < 1.29 is 4.79 Å². The predicted octanol–water partition coefficient (Wildman–Crippen LogP) is 2.13. The lowest BCUT2D eigenvalue weighted by atomic mass is 10.1. The fraction of sp³-hybridized carbons (Fsp3) is 0.333. The van der Waals surface area contributed by atoms with Crippen LogP contribution >= 0.6 is 0 Å². The van der Waals surface area contributed by atoms with Gasteiger partial charge in [0.05, 0.1) is 6.07 Å². The Labute approximate surface area is 111 Å². The van der Waals surface area contributed by atoms with E-state index in [1.54, 1.807) is 0 Å². The Morgan fingerprint density at radius 2 is 2.21 bits per heavy atom. The summed E-state index contributed by atoms with van der Waals surface area (Å²) >= 11 is 0. The highest BCUT2D eigenvalue weighted by Gasteiger charge is 2.50. The summed E-state index contributed by atoms with van der Waals surface area (Å²) in [7, 11) is 0. The molecule has 0 unspecified atom stereocenters. The Kier molecular flexibility index (Phi) is 2.75. The number of aromatic nitrogens is 1. The average molecular weight is 253 g/mol. The highest BCUT2D eigenvalue weighted by Crippen LogP contribution is 2.44. The molecule has 1 aromatic heterocycles. The van der Waals surface area contributed by atoms with E-state index in [2.05, 4.69) is 22.4 Å². The van der Waals surface area contributed by atoms with Gasteiger partial charge in [0.25, 0.3) is 0 Å². The van der Waals surface area contributed by atoms with Gasteiger partial charge in [0.2, 0.25) is 5.91 Å². The summed E-state index contributed by atoms with van der Waals surface area (Å²) in [5, 5.41) is 13.0. The minimum atomic E-state index is -0.722. The molecule has 4 heteroatoms. The van der Waals surface area contributed by atoms with Gasteiger partial charge in [-0.3, -0.25) is 4.79 Å². The Bertz CT molecular complexity index is 661. The maximum atomic E-state index is 11.8. The monoisotopic (exact) mass is 253 g/mol. The van der Waals surface area contributed by atoms with Crippen molar-refractivity contribution in [3.05, 3.63) is 36.0 Å². The first-order valence-corrected chi connectivity index (χ1v) is 6.50. The van der Waals surface area contributed by atoms with Crippen molar-refractivity contribution in [2.75, 3.05) is 6.54 Å². The number of aromatic amines is 1. The van der Waals surface area contributed by atoms with Crippen molar-refractivity contribution in [3.8, 4) is 6.07 Å². The summed E-state index contributed by atoms with van der Waals surface area (Å²) in [5.74, 6) is -0.116. The van der Waals surface area contributed by atoms with Crippen LogP contribution in [0.5, 0.6) is 0 Å². The van der Waals surface area contributed by atoms with Crippen LogP contribution in [0.4, 0.5) is 0 Å². The summed E-state index contributed by atoms with van der Waals surface area (Å²) in [6.45, 7) is 0.574. The number of carbonyl (C=O) groups excluding carboxylic acids is 1. The summed E-state index contributed by atoms with van der Waals surface area (Å²) in [6.07, 6.45) is 4.15. The highest BCUT2D eigenvalue weighted by atomic mass is 16.2. The molecule has 2 N–H and O–H groups in total. The van der Waals surface area contributed by atoms with Crippen molar-refractivity contribution in [1.82, 2.24) is 10.3 Å². The van der Waals surface area contributed by atoms with Gasteiger partial charge >= 0.3 is 0 Å². The quantitative estimate of drug-likeness (QED) is 0.876. The first kappa shape index (κ1) is 11.8. The minimum absolute atomic E-state index is 0.116. The second-order valence-corrected chi connectivity index (χ2v) is 5.06. The van der Waals surface area contributed by atoms with Crippen LogP contribution in [-0.2, 0) is 11.2 Å². The van der Waals surface area contributed by atoms with Crippen LogP contribution in [0.15, 0.2) is 30.5 Å². The number of hydrogen-bond acceptors (Lipinski definition) is 2. The molecule has 0 bridgehead atoms. The Hall–Kier alpha value is -2.28. The third kappa shape index (κ3) is 2.08.